The van der Waals surface area contributed by atoms with Crippen molar-refractivity contribution in [2.45, 2.75) is 39.3 Å². The molecule has 0 saturated carbocycles. The normalized spacial score (nSPS) is 21.8. The molecule has 0 aromatic heterocycles. The molecule has 3 unspecified atom stereocenters. The average Bonchev–Trinajstić information content (AvgIpc) is 2.88. The number of nitrogens with zero attached hydrogens (tertiary/aromatic N) is 1. The van der Waals surface area contributed by atoms with Gasteiger partial charge in [0.2, 0.25) is 0 Å². The fourth-order valence-corrected chi connectivity index (χ4v) is 2.86. The smallest absolute Gasteiger partial charge is 0.308 e. The predicted octanol–water partition coefficient (Wildman–Crippen LogP) is 1.98. The fraction of sp³-hybridized carbons (Fsp3) is 0.471. The fourth-order valence-electron chi connectivity index (χ4n) is 2.86. The molecule has 1 aliphatic heterocycles. The number of hydrogen-bond donors (Lipinski definition) is 1. The van der Waals surface area contributed by atoms with Crippen LogP contribution in [-0.4, -0.2) is 46.4 Å². The topological polar surface area (TPSA) is 83.9 Å². The van der Waals surface area contributed by atoms with Gasteiger partial charge in [-0.05, 0) is 39.3 Å². The molecule has 1 amide bonds. The van der Waals surface area contributed by atoms with Gasteiger partial charge in [-0.15, -0.1) is 0 Å². The summed E-state index contributed by atoms with van der Waals surface area (Å²) in [7, 11) is 0. The Morgan fingerprint density at radius 2 is 2.04 bits per heavy atom. The van der Waals surface area contributed by atoms with E-state index in [1.807, 2.05) is 0 Å². The van der Waals surface area contributed by atoms with E-state index in [2.05, 4.69) is 0 Å². The predicted molar refractivity (Wildman–Crippen MR) is 83.5 cm³/mol. The Hall–Kier alpha value is -2.37. The Morgan fingerprint density at radius 1 is 1.35 bits per heavy atom. The zero-order valence-corrected chi connectivity index (χ0v) is 13.5. The van der Waals surface area contributed by atoms with Crippen molar-refractivity contribution in [1.82, 2.24) is 4.90 Å². The van der Waals surface area contributed by atoms with Crippen molar-refractivity contribution in [3.05, 3.63) is 29.8 Å². The molecule has 6 nitrogen and oxygen atoms in total. The van der Waals surface area contributed by atoms with E-state index in [0.717, 1.165) is 0 Å². The molecule has 23 heavy (non-hydrogen) atoms. The summed E-state index contributed by atoms with van der Waals surface area (Å²) >= 11 is 0. The van der Waals surface area contributed by atoms with Crippen LogP contribution in [0.1, 0.15) is 37.6 Å². The molecule has 0 aliphatic carbocycles. The lowest BCUT2D eigenvalue weighted by Gasteiger charge is -2.26. The zero-order chi connectivity index (χ0) is 17.1. The van der Waals surface area contributed by atoms with Crippen LogP contribution < -0.4 is 4.74 Å². The van der Waals surface area contributed by atoms with Crippen LogP contribution in [-0.2, 0) is 9.59 Å². The Morgan fingerprint density at radius 3 is 2.61 bits per heavy atom. The number of rotatable bonds is 5. The van der Waals surface area contributed by atoms with Crippen LogP contribution >= 0.6 is 0 Å². The molecule has 1 heterocycles. The summed E-state index contributed by atoms with van der Waals surface area (Å²) in [5.41, 5.74) is 0.516. The molecule has 0 spiro atoms. The van der Waals surface area contributed by atoms with Crippen LogP contribution in [0.15, 0.2) is 24.3 Å². The number of ether oxygens (including phenoxy) is 1. The lowest BCUT2D eigenvalue weighted by molar-refractivity contribution is -0.144. The monoisotopic (exact) mass is 319 g/mol. The molecular formula is C17H21NO5. The number of hydrogen-bond acceptors (Lipinski definition) is 4. The van der Waals surface area contributed by atoms with Gasteiger partial charge in [0, 0.05) is 18.2 Å². The summed E-state index contributed by atoms with van der Waals surface area (Å²) in [5.74, 6) is -1.29. The number of carboxylic acid groups (broad SMARTS) is 1. The van der Waals surface area contributed by atoms with Gasteiger partial charge in [-0.3, -0.25) is 14.4 Å². The molecule has 3 atom stereocenters. The third kappa shape index (κ3) is 3.70. The molecule has 124 valence electrons. The van der Waals surface area contributed by atoms with Crippen LogP contribution in [0.4, 0.5) is 0 Å². The Bertz CT molecular complexity index is 627. The number of carbonyl (C=O) groups is 3. The van der Waals surface area contributed by atoms with Crippen LogP contribution in [0, 0.1) is 5.92 Å². The molecule has 1 fully saturated rings. The maximum atomic E-state index is 12.5. The van der Waals surface area contributed by atoms with Crippen LogP contribution in [0.5, 0.6) is 5.75 Å². The van der Waals surface area contributed by atoms with Gasteiger partial charge in [-0.2, -0.15) is 0 Å². The van der Waals surface area contributed by atoms with E-state index >= 15 is 0 Å². The summed E-state index contributed by atoms with van der Waals surface area (Å²) in [6.07, 6.45) is -0.290. The minimum atomic E-state index is -0.879. The van der Waals surface area contributed by atoms with E-state index in [-0.39, 0.29) is 17.7 Å². The van der Waals surface area contributed by atoms with Crippen molar-refractivity contribution in [3.63, 3.8) is 0 Å². The maximum Gasteiger partial charge on any atom is 0.308 e. The minimum Gasteiger partial charge on any atom is -0.481 e. The second kappa shape index (κ2) is 6.81. The van der Waals surface area contributed by atoms with E-state index in [1.165, 1.54) is 6.92 Å². The summed E-state index contributed by atoms with van der Waals surface area (Å²) in [5, 5.41) is 9.14. The third-order valence-corrected chi connectivity index (χ3v) is 4.26. The lowest BCUT2D eigenvalue weighted by Crippen LogP contribution is -2.44. The summed E-state index contributed by atoms with van der Waals surface area (Å²) in [6.45, 7) is 5.25. The highest BCUT2D eigenvalue weighted by molar-refractivity contribution is 5.94. The quantitative estimate of drug-likeness (QED) is 0.839. The number of carbonyl (C=O) groups excluding carboxylic acids is 2. The van der Waals surface area contributed by atoms with E-state index in [9.17, 15) is 14.4 Å². The van der Waals surface area contributed by atoms with Gasteiger partial charge in [0.15, 0.2) is 11.9 Å². The van der Waals surface area contributed by atoms with Gasteiger partial charge < -0.3 is 14.7 Å². The summed E-state index contributed by atoms with van der Waals surface area (Å²) in [6, 6.07) is 6.31. The van der Waals surface area contributed by atoms with Crippen molar-refractivity contribution >= 4 is 17.7 Å². The van der Waals surface area contributed by atoms with E-state index in [4.69, 9.17) is 9.84 Å². The number of ketones is 1. The highest BCUT2D eigenvalue weighted by Gasteiger charge is 2.39. The van der Waals surface area contributed by atoms with Gasteiger partial charge >= 0.3 is 5.97 Å². The molecule has 6 heteroatoms. The summed E-state index contributed by atoms with van der Waals surface area (Å²) < 4.78 is 5.63. The first kappa shape index (κ1) is 17.0. The maximum absolute atomic E-state index is 12.5. The Balaban J connectivity index is 2.05. The van der Waals surface area contributed by atoms with Crippen LogP contribution in [0.2, 0.25) is 0 Å². The van der Waals surface area contributed by atoms with Crippen molar-refractivity contribution in [3.8, 4) is 5.75 Å². The number of aliphatic carboxylic acids is 1. The van der Waals surface area contributed by atoms with Gasteiger partial charge in [0.25, 0.3) is 5.91 Å². The average molecular weight is 319 g/mol. The van der Waals surface area contributed by atoms with Crippen molar-refractivity contribution in [2.24, 2.45) is 5.92 Å². The van der Waals surface area contributed by atoms with Gasteiger partial charge in [0.1, 0.15) is 5.75 Å². The van der Waals surface area contributed by atoms with E-state index < -0.39 is 18.0 Å². The van der Waals surface area contributed by atoms with E-state index in [0.29, 0.717) is 24.3 Å². The molecule has 1 aromatic rings. The largest absolute Gasteiger partial charge is 0.481 e. The first-order valence-electron chi connectivity index (χ1n) is 7.62. The van der Waals surface area contributed by atoms with Crippen molar-refractivity contribution in [1.29, 1.82) is 0 Å². The first-order chi connectivity index (χ1) is 10.8. The molecule has 1 N–H and O–H groups in total. The second-order valence-electron chi connectivity index (χ2n) is 5.85. The number of carboxylic acids is 1. The molecule has 1 saturated heterocycles. The number of likely N-dealkylation sites (tertiary alicyclic amines) is 1. The van der Waals surface area contributed by atoms with Crippen molar-refractivity contribution < 1.29 is 24.2 Å². The zero-order valence-electron chi connectivity index (χ0n) is 13.5. The van der Waals surface area contributed by atoms with Crippen molar-refractivity contribution in [2.75, 3.05) is 6.54 Å². The number of Topliss-reactive ketones (excluding diaryl/α,β-unsaturated/α-hetero) is 1. The minimum absolute atomic E-state index is 0.0769. The summed E-state index contributed by atoms with van der Waals surface area (Å²) in [4.78, 5) is 36.6. The lowest BCUT2D eigenvalue weighted by atomic mass is 10.0. The molecular weight excluding hydrogens is 298 g/mol. The standard InChI is InChI=1S/C17H21NO5/c1-10-15(17(21)22)7-8-18(10)16(20)12(3)23-14-6-4-5-13(9-14)11(2)19/h4-6,9-10,12,15H,7-8H2,1-3H3,(H,21,22). The van der Waals surface area contributed by atoms with Crippen LogP contribution in [0.3, 0.4) is 0 Å². The highest BCUT2D eigenvalue weighted by atomic mass is 16.5. The first-order valence-corrected chi connectivity index (χ1v) is 7.62. The molecule has 2 rings (SSSR count). The Labute approximate surface area is 135 Å². The Kier molecular flexibility index (Phi) is 5.03. The molecule has 0 radical (unpaired) electrons. The van der Waals surface area contributed by atoms with Gasteiger partial charge in [-0.25, -0.2) is 0 Å². The van der Waals surface area contributed by atoms with Gasteiger partial charge in [-0.1, -0.05) is 12.1 Å². The highest BCUT2D eigenvalue weighted by Crippen LogP contribution is 2.26. The molecule has 1 aliphatic rings. The number of amides is 1. The molecule has 0 bridgehead atoms. The third-order valence-electron chi connectivity index (χ3n) is 4.26. The van der Waals surface area contributed by atoms with Crippen LogP contribution in [0.25, 0.3) is 0 Å². The van der Waals surface area contributed by atoms with E-state index in [1.54, 1.807) is 43.0 Å². The second-order valence-corrected chi connectivity index (χ2v) is 5.85. The number of benzene rings is 1. The molecule has 1 aromatic carbocycles. The SMILES string of the molecule is CC(=O)c1cccc(OC(C)C(=O)N2CCC(C(=O)O)C2C)c1. The van der Waals surface area contributed by atoms with Gasteiger partial charge in [0.05, 0.1) is 5.92 Å².